The molecular formula is C20H26O5. The maximum absolute atomic E-state index is 11.3. The van der Waals surface area contributed by atoms with Gasteiger partial charge in [-0.3, -0.25) is 0 Å². The van der Waals surface area contributed by atoms with E-state index in [1.807, 2.05) is 6.07 Å². The van der Waals surface area contributed by atoms with Crippen molar-refractivity contribution in [1.29, 1.82) is 0 Å². The van der Waals surface area contributed by atoms with E-state index >= 15 is 0 Å². The Kier molecular flexibility index (Phi) is 4.13. The highest BCUT2D eigenvalue weighted by molar-refractivity contribution is 5.73. The van der Waals surface area contributed by atoms with Gasteiger partial charge in [0.2, 0.25) is 0 Å². The molecule has 0 amide bonds. The number of aliphatic hydroxyl groups is 3. The van der Waals surface area contributed by atoms with Crippen molar-refractivity contribution >= 4 is 5.97 Å². The van der Waals surface area contributed by atoms with E-state index in [0.717, 1.165) is 25.7 Å². The van der Waals surface area contributed by atoms with Gasteiger partial charge in [0, 0.05) is 0 Å². The van der Waals surface area contributed by atoms with Crippen LogP contribution in [0.4, 0.5) is 0 Å². The fourth-order valence-corrected chi connectivity index (χ4v) is 5.77. The summed E-state index contributed by atoms with van der Waals surface area (Å²) in [5, 5.41) is 29.5. The molecule has 3 aliphatic carbocycles. The molecule has 2 fully saturated rings. The Hall–Kier alpha value is -1.43. The van der Waals surface area contributed by atoms with Crippen LogP contribution in [0, 0.1) is 17.3 Å². The Bertz CT molecular complexity index is 687. The van der Waals surface area contributed by atoms with Gasteiger partial charge < -0.3 is 20.1 Å². The van der Waals surface area contributed by atoms with Crippen molar-refractivity contribution in [2.45, 2.75) is 57.2 Å². The second-order valence-corrected chi connectivity index (χ2v) is 8.20. The first-order valence-corrected chi connectivity index (χ1v) is 9.24. The zero-order chi connectivity index (χ0) is 17.8. The van der Waals surface area contributed by atoms with Crippen LogP contribution in [0.3, 0.4) is 0 Å². The lowest BCUT2D eigenvalue weighted by Gasteiger charge is -2.49. The molecule has 3 N–H and O–H groups in total. The zero-order valence-corrected chi connectivity index (χ0v) is 14.5. The Morgan fingerprint density at radius 1 is 1.32 bits per heavy atom. The minimum Gasteiger partial charge on any atom is -0.425 e. The quantitative estimate of drug-likeness (QED) is 0.561. The van der Waals surface area contributed by atoms with Crippen molar-refractivity contribution in [1.82, 2.24) is 0 Å². The fraction of sp³-hybridized carbons (Fsp3) is 0.650. The molecule has 0 radical (unpaired) electrons. The van der Waals surface area contributed by atoms with Gasteiger partial charge in [0.1, 0.15) is 12.4 Å². The van der Waals surface area contributed by atoms with Crippen LogP contribution < -0.4 is 4.74 Å². The second-order valence-electron chi connectivity index (χ2n) is 8.20. The van der Waals surface area contributed by atoms with Crippen molar-refractivity contribution < 1.29 is 24.9 Å². The van der Waals surface area contributed by atoms with Crippen molar-refractivity contribution in [3.05, 3.63) is 29.3 Å². The molecule has 0 heterocycles. The highest BCUT2D eigenvalue weighted by Gasteiger charge is 2.57. The average Bonchev–Trinajstić information content (AvgIpc) is 2.85. The lowest BCUT2D eigenvalue weighted by molar-refractivity contribution is -0.137. The van der Waals surface area contributed by atoms with Gasteiger partial charge in [-0.25, -0.2) is 4.79 Å². The van der Waals surface area contributed by atoms with E-state index in [4.69, 9.17) is 9.84 Å². The highest BCUT2D eigenvalue weighted by atomic mass is 16.5. The van der Waals surface area contributed by atoms with Crippen LogP contribution in [0.1, 0.15) is 49.7 Å². The van der Waals surface area contributed by atoms with Crippen molar-refractivity contribution in [3.63, 3.8) is 0 Å². The van der Waals surface area contributed by atoms with Crippen LogP contribution in [0.2, 0.25) is 0 Å². The number of esters is 1. The van der Waals surface area contributed by atoms with Gasteiger partial charge in [0.05, 0.1) is 12.2 Å². The van der Waals surface area contributed by atoms with E-state index in [9.17, 15) is 15.0 Å². The monoisotopic (exact) mass is 346 g/mol. The molecule has 0 spiro atoms. The summed E-state index contributed by atoms with van der Waals surface area (Å²) in [6, 6.07) is 5.78. The predicted octanol–water partition coefficient (Wildman–Crippen LogP) is 1.77. The number of carbonyl (C=O) groups excluding carboxylic acids is 1. The van der Waals surface area contributed by atoms with Crippen LogP contribution >= 0.6 is 0 Å². The van der Waals surface area contributed by atoms with E-state index in [1.165, 1.54) is 11.1 Å². The molecule has 5 heteroatoms. The van der Waals surface area contributed by atoms with Crippen molar-refractivity contribution in [2.75, 3.05) is 6.61 Å². The maximum atomic E-state index is 11.3. The Balaban J connectivity index is 1.61. The molecule has 0 unspecified atom stereocenters. The summed E-state index contributed by atoms with van der Waals surface area (Å²) in [4.78, 5) is 11.3. The van der Waals surface area contributed by atoms with Gasteiger partial charge >= 0.3 is 5.97 Å². The van der Waals surface area contributed by atoms with Gasteiger partial charge in [-0.05, 0) is 78.5 Å². The maximum Gasteiger partial charge on any atom is 0.337 e. The second kappa shape index (κ2) is 6.08. The minimum atomic E-state index is -0.643. The normalized spacial score (nSPS) is 39.3. The molecule has 0 aliphatic heterocycles. The predicted molar refractivity (Wildman–Crippen MR) is 91.2 cm³/mol. The van der Waals surface area contributed by atoms with Crippen LogP contribution in [0.5, 0.6) is 5.75 Å². The first kappa shape index (κ1) is 17.0. The summed E-state index contributed by atoms with van der Waals surface area (Å²) in [6.07, 6.45) is 3.38. The van der Waals surface area contributed by atoms with Crippen LogP contribution in [0.15, 0.2) is 18.2 Å². The molecule has 136 valence electrons. The molecule has 0 saturated heterocycles. The zero-order valence-electron chi connectivity index (χ0n) is 14.5. The van der Waals surface area contributed by atoms with Crippen molar-refractivity contribution in [2.24, 2.45) is 17.3 Å². The average molecular weight is 346 g/mol. The van der Waals surface area contributed by atoms with Gasteiger partial charge in [-0.15, -0.1) is 0 Å². The topological polar surface area (TPSA) is 87.0 Å². The number of hydrogen-bond donors (Lipinski definition) is 3. The van der Waals surface area contributed by atoms with Gasteiger partial charge in [-0.2, -0.15) is 0 Å². The van der Waals surface area contributed by atoms with Crippen LogP contribution in [-0.2, 0) is 11.2 Å². The van der Waals surface area contributed by atoms with E-state index in [1.54, 1.807) is 6.07 Å². The van der Waals surface area contributed by atoms with Crippen LogP contribution in [0.25, 0.3) is 0 Å². The number of aryl methyl sites for hydroxylation is 1. The lowest BCUT2D eigenvalue weighted by atomic mass is 9.55. The van der Waals surface area contributed by atoms with E-state index in [0.29, 0.717) is 29.9 Å². The molecule has 1 aromatic carbocycles. The molecule has 1 aromatic rings. The number of aliphatic hydroxyl groups excluding tert-OH is 3. The molecule has 4 rings (SSSR count). The number of fused-ring (bicyclic) bond motifs is 5. The summed E-state index contributed by atoms with van der Waals surface area (Å²) in [5.41, 5.74) is 2.36. The van der Waals surface area contributed by atoms with Crippen molar-refractivity contribution in [3.8, 4) is 5.75 Å². The number of hydrogen-bond acceptors (Lipinski definition) is 5. The van der Waals surface area contributed by atoms with Gasteiger partial charge in [0.25, 0.3) is 0 Å². The van der Waals surface area contributed by atoms with E-state index in [2.05, 4.69) is 13.0 Å². The molecule has 0 aromatic heterocycles. The number of ether oxygens (including phenoxy) is 1. The van der Waals surface area contributed by atoms with Gasteiger partial charge in [0.15, 0.2) is 0 Å². The largest absolute Gasteiger partial charge is 0.425 e. The molecular weight excluding hydrogens is 320 g/mol. The minimum absolute atomic E-state index is 0.172. The van der Waals surface area contributed by atoms with E-state index in [-0.39, 0.29) is 5.41 Å². The summed E-state index contributed by atoms with van der Waals surface area (Å²) < 4.78 is 5.12. The fourth-order valence-electron chi connectivity index (χ4n) is 5.77. The Morgan fingerprint density at radius 2 is 2.12 bits per heavy atom. The SMILES string of the molecule is C[C@]12CC[C@@H]3c4ccc(OC(=O)CO)cc4CC[C@H]3[C@@H]1C[C@@H](O)[C@@H]2O. The lowest BCUT2D eigenvalue weighted by Crippen LogP contribution is -2.44. The standard InChI is InChI=1S/C20H26O5/c1-20-7-6-14-13-5-3-12(25-18(23)10-21)8-11(13)2-4-15(14)16(20)9-17(22)19(20)24/h3,5,8,14-17,19,21-22,24H,2,4,6-7,9-10H2,1H3/t14-,15-,16+,17-,19+,20+/m1/s1. The summed E-state index contributed by atoms with van der Waals surface area (Å²) in [7, 11) is 0. The van der Waals surface area contributed by atoms with E-state index < -0.39 is 24.8 Å². The third-order valence-corrected chi connectivity index (χ3v) is 7.03. The summed E-state index contributed by atoms with van der Waals surface area (Å²) >= 11 is 0. The Labute approximate surface area is 147 Å². The third-order valence-electron chi connectivity index (χ3n) is 7.03. The number of benzene rings is 1. The first-order chi connectivity index (χ1) is 11.9. The molecule has 25 heavy (non-hydrogen) atoms. The smallest absolute Gasteiger partial charge is 0.337 e. The van der Waals surface area contributed by atoms with Gasteiger partial charge in [-0.1, -0.05) is 13.0 Å². The summed E-state index contributed by atoms with van der Waals surface area (Å²) in [5.74, 6) is 1.14. The summed E-state index contributed by atoms with van der Waals surface area (Å²) in [6.45, 7) is 1.52. The Morgan fingerprint density at radius 3 is 2.88 bits per heavy atom. The first-order valence-electron chi connectivity index (χ1n) is 9.24. The van der Waals surface area contributed by atoms with Crippen LogP contribution in [-0.4, -0.2) is 40.1 Å². The third kappa shape index (κ3) is 2.60. The molecule has 5 nitrogen and oxygen atoms in total. The molecule has 2 saturated carbocycles. The molecule has 6 atom stereocenters. The molecule has 0 bridgehead atoms. The highest BCUT2D eigenvalue weighted by Crippen LogP contribution is 2.60. The number of carbonyl (C=O) groups is 1. The molecule has 3 aliphatic rings. The number of rotatable bonds is 2.